The highest BCUT2D eigenvalue weighted by Crippen LogP contribution is 2.25. The number of carbonyl (C=O) groups is 1. The molecule has 0 spiro atoms. The summed E-state index contributed by atoms with van der Waals surface area (Å²) in [6.07, 6.45) is 12.1. The van der Waals surface area contributed by atoms with Crippen molar-refractivity contribution in [3.05, 3.63) is 29.6 Å². The zero-order chi connectivity index (χ0) is 20.8. The van der Waals surface area contributed by atoms with E-state index < -0.39 is 0 Å². The first-order valence-corrected chi connectivity index (χ1v) is 12.4. The van der Waals surface area contributed by atoms with Gasteiger partial charge in [-0.05, 0) is 70.7 Å². The predicted molar refractivity (Wildman–Crippen MR) is 121 cm³/mol. The lowest BCUT2D eigenvalue weighted by atomic mass is 9.92. The van der Waals surface area contributed by atoms with Crippen molar-refractivity contribution in [1.29, 1.82) is 0 Å². The van der Waals surface area contributed by atoms with E-state index in [0.717, 1.165) is 51.3 Å². The maximum atomic E-state index is 12.8. The van der Waals surface area contributed by atoms with E-state index in [4.69, 9.17) is 0 Å². The molecule has 0 unspecified atom stereocenters. The molecule has 30 heavy (non-hydrogen) atoms. The van der Waals surface area contributed by atoms with Crippen molar-refractivity contribution in [3.8, 4) is 0 Å². The van der Waals surface area contributed by atoms with Crippen molar-refractivity contribution in [3.63, 3.8) is 0 Å². The van der Waals surface area contributed by atoms with Crippen LogP contribution in [0.25, 0.3) is 0 Å². The van der Waals surface area contributed by atoms with Gasteiger partial charge < -0.3 is 10.2 Å². The summed E-state index contributed by atoms with van der Waals surface area (Å²) in [5.74, 6) is 0.569. The summed E-state index contributed by atoms with van der Waals surface area (Å²) in [6.45, 7) is 7.53. The molecule has 3 aliphatic rings. The molecular weight excluding hydrogens is 372 g/mol. The largest absolute Gasteiger partial charge is 0.353 e. The van der Waals surface area contributed by atoms with E-state index in [1.165, 1.54) is 57.1 Å². The first kappa shape index (κ1) is 21.8. The van der Waals surface area contributed by atoms with Gasteiger partial charge in [0.05, 0.1) is 5.69 Å². The number of hydrogen-bond donors (Lipinski definition) is 1. The average molecular weight is 413 g/mol. The third kappa shape index (κ3) is 6.04. The molecule has 1 saturated carbocycles. The van der Waals surface area contributed by atoms with E-state index in [1.807, 2.05) is 0 Å². The van der Waals surface area contributed by atoms with E-state index in [1.54, 1.807) is 0 Å². The molecule has 1 aromatic heterocycles. The maximum Gasteiger partial charge on any atom is 0.223 e. The van der Waals surface area contributed by atoms with E-state index in [0.29, 0.717) is 18.0 Å². The van der Waals surface area contributed by atoms with Crippen molar-refractivity contribution in [2.24, 2.45) is 5.92 Å². The summed E-state index contributed by atoms with van der Waals surface area (Å²) < 4.78 is 0. The van der Waals surface area contributed by atoms with Crippen LogP contribution in [0.3, 0.4) is 0 Å². The highest BCUT2D eigenvalue weighted by molar-refractivity contribution is 5.79. The van der Waals surface area contributed by atoms with Gasteiger partial charge in [0.25, 0.3) is 0 Å². The molecule has 0 bridgehead atoms. The van der Waals surface area contributed by atoms with Crippen LogP contribution in [0.4, 0.5) is 0 Å². The van der Waals surface area contributed by atoms with Crippen LogP contribution >= 0.6 is 0 Å². The fourth-order valence-electron chi connectivity index (χ4n) is 5.63. The Morgan fingerprint density at radius 1 is 0.967 bits per heavy atom. The first-order chi connectivity index (χ1) is 14.7. The van der Waals surface area contributed by atoms with E-state index >= 15 is 0 Å². The van der Waals surface area contributed by atoms with E-state index in [2.05, 4.69) is 45.2 Å². The molecular formula is C25H40N4O. The fourth-order valence-corrected chi connectivity index (χ4v) is 5.63. The van der Waals surface area contributed by atoms with Gasteiger partial charge in [0.2, 0.25) is 5.91 Å². The minimum atomic E-state index is 0.233. The van der Waals surface area contributed by atoms with Crippen LogP contribution in [0.5, 0.6) is 0 Å². The normalized spacial score (nSPS) is 23.9. The molecule has 4 rings (SSSR count). The quantitative estimate of drug-likeness (QED) is 0.745. The van der Waals surface area contributed by atoms with Crippen LogP contribution in [0.1, 0.15) is 75.6 Å². The van der Waals surface area contributed by atoms with Crippen molar-refractivity contribution >= 4 is 5.91 Å². The number of nitrogens with zero attached hydrogens (tertiary/aromatic N) is 3. The van der Waals surface area contributed by atoms with Crippen LogP contribution in [0, 0.1) is 12.8 Å². The lowest BCUT2D eigenvalue weighted by Gasteiger charge is -2.41. The van der Waals surface area contributed by atoms with Gasteiger partial charge in [-0.1, -0.05) is 31.7 Å². The van der Waals surface area contributed by atoms with Gasteiger partial charge in [-0.15, -0.1) is 0 Å². The van der Waals surface area contributed by atoms with Gasteiger partial charge in [-0.2, -0.15) is 0 Å². The first-order valence-electron chi connectivity index (χ1n) is 12.4. The van der Waals surface area contributed by atoms with Crippen molar-refractivity contribution in [2.75, 3.05) is 26.2 Å². The summed E-state index contributed by atoms with van der Waals surface area (Å²) in [5, 5.41) is 3.39. The number of aromatic nitrogens is 1. The van der Waals surface area contributed by atoms with Crippen molar-refractivity contribution < 1.29 is 4.79 Å². The molecule has 3 heterocycles. The van der Waals surface area contributed by atoms with Gasteiger partial charge in [-0.25, -0.2) is 0 Å². The van der Waals surface area contributed by atoms with Crippen LogP contribution in [0.2, 0.25) is 0 Å². The number of aryl methyl sites for hydroxylation is 1. The molecule has 0 atom stereocenters. The zero-order valence-electron chi connectivity index (χ0n) is 18.8. The number of carbonyl (C=O) groups excluding carboxylic acids is 1. The third-order valence-electron chi connectivity index (χ3n) is 7.51. The fraction of sp³-hybridized carbons (Fsp3) is 0.760. The van der Waals surface area contributed by atoms with Gasteiger partial charge in [0.1, 0.15) is 0 Å². The molecule has 0 radical (unpaired) electrons. The summed E-state index contributed by atoms with van der Waals surface area (Å²) in [6, 6.07) is 7.45. The Balaban J connectivity index is 1.17. The molecule has 2 aliphatic heterocycles. The number of hydrogen-bond acceptors (Lipinski definition) is 4. The molecule has 1 aliphatic carbocycles. The lowest BCUT2D eigenvalue weighted by Crippen LogP contribution is -2.49. The van der Waals surface area contributed by atoms with Crippen molar-refractivity contribution in [2.45, 2.75) is 89.8 Å². The molecule has 3 fully saturated rings. The van der Waals surface area contributed by atoms with Gasteiger partial charge in [-0.3, -0.25) is 14.7 Å². The summed E-state index contributed by atoms with van der Waals surface area (Å²) >= 11 is 0. The Morgan fingerprint density at radius 3 is 2.33 bits per heavy atom. The van der Waals surface area contributed by atoms with Crippen molar-refractivity contribution in [1.82, 2.24) is 20.1 Å². The second kappa shape index (κ2) is 10.7. The van der Waals surface area contributed by atoms with E-state index in [9.17, 15) is 4.79 Å². The summed E-state index contributed by atoms with van der Waals surface area (Å²) in [5.41, 5.74) is 2.29. The number of rotatable bonds is 5. The van der Waals surface area contributed by atoms with E-state index in [-0.39, 0.29) is 5.92 Å². The lowest BCUT2D eigenvalue weighted by molar-refractivity contribution is -0.127. The van der Waals surface area contributed by atoms with Gasteiger partial charge in [0.15, 0.2) is 0 Å². The van der Waals surface area contributed by atoms with Crippen LogP contribution in [-0.2, 0) is 11.3 Å². The van der Waals surface area contributed by atoms with Gasteiger partial charge >= 0.3 is 0 Å². The van der Waals surface area contributed by atoms with Crippen LogP contribution < -0.4 is 5.32 Å². The molecule has 1 amide bonds. The Morgan fingerprint density at radius 2 is 1.67 bits per heavy atom. The SMILES string of the molecule is Cc1cccc(CN2CCC(N3CCC(C(=O)NC4CCCCCC4)CC3)CC2)n1. The standard InChI is InChI=1S/C25H40N4O/c1-20-7-6-10-23(26-20)19-28-15-13-24(14-16-28)29-17-11-21(12-18-29)25(30)27-22-8-4-2-3-5-9-22/h6-7,10,21-22,24H,2-5,8-9,11-19H2,1H3,(H,27,30). The highest BCUT2D eigenvalue weighted by atomic mass is 16.1. The van der Waals surface area contributed by atoms with Crippen LogP contribution in [0.15, 0.2) is 18.2 Å². The average Bonchev–Trinajstić information content (AvgIpc) is 3.03. The molecule has 1 aromatic rings. The summed E-state index contributed by atoms with van der Waals surface area (Å²) in [4.78, 5) is 22.6. The Labute approximate surface area is 182 Å². The third-order valence-corrected chi connectivity index (χ3v) is 7.51. The summed E-state index contributed by atoms with van der Waals surface area (Å²) in [7, 11) is 0. The van der Waals surface area contributed by atoms with Crippen LogP contribution in [-0.4, -0.2) is 59.0 Å². The minimum absolute atomic E-state index is 0.233. The number of piperidine rings is 2. The smallest absolute Gasteiger partial charge is 0.223 e. The number of pyridine rings is 1. The molecule has 5 heteroatoms. The minimum Gasteiger partial charge on any atom is -0.353 e. The number of amides is 1. The molecule has 0 aromatic carbocycles. The highest BCUT2D eigenvalue weighted by Gasteiger charge is 2.31. The predicted octanol–water partition coefficient (Wildman–Crippen LogP) is 3.91. The Bertz CT molecular complexity index is 669. The maximum absolute atomic E-state index is 12.8. The zero-order valence-corrected chi connectivity index (χ0v) is 18.8. The number of nitrogens with one attached hydrogen (secondary N) is 1. The monoisotopic (exact) mass is 412 g/mol. The second-order valence-electron chi connectivity index (χ2n) is 9.78. The van der Waals surface area contributed by atoms with Gasteiger partial charge in [0, 0.05) is 43.3 Å². The Kier molecular flexibility index (Phi) is 7.78. The second-order valence-corrected chi connectivity index (χ2v) is 9.78. The molecule has 2 saturated heterocycles. The molecule has 1 N–H and O–H groups in total. The Hall–Kier alpha value is -1.46. The number of likely N-dealkylation sites (tertiary alicyclic amines) is 2. The molecule has 166 valence electrons. The topological polar surface area (TPSA) is 48.5 Å². The molecule has 5 nitrogen and oxygen atoms in total.